The number of hydrogen-bond acceptors (Lipinski definition) is 2. The summed E-state index contributed by atoms with van der Waals surface area (Å²) in [5.74, 6) is -0.282. The van der Waals surface area contributed by atoms with Crippen molar-refractivity contribution in [2.45, 2.75) is 45.7 Å². The van der Waals surface area contributed by atoms with Crippen molar-refractivity contribution < 1.29 is 9.59 Å². The zero-order valence-electron chi connectivity index (χ0n) is 16.6. The molecule has 0 aliphatic carbocycles. The number of amides is 2. The van der Waals surface area contributed by atoms with E-state index in [1.165, 1.54) is 0 Å². The number of carbonyl (C=O) groups excluding carboxylic acids is 2. The van der Waals surface area contributed by atoms with Gasteiger partial charge in [-0.1, -0.05) is 66.0 Å². The minimum Gasteiger partial charge on any atom is -0.355 e. The lowest BCUT2D eigenvalue weighted by atomic mass is 10.1. The number of nitrogens with zero attached hydrogens (tertiary/aromatic N) is 1. The summed E-state index contributed by atoms with van der Waals surface area (Å²) in [6.45, 7) is 4.52. The number of benzene rings is 2. The predicted molar refractivity (Wildman–Crippen MR) is 120 cm³/mol. The van der Waals surface area contributed by atoms with Crippen molar-refractivity contribution in [3.05, 3.63) is 68.7 Å². The first-order valence-electron chi connectivity index (χ1n) is 9.61. The van der Waals surface area contributed by atoms with Crippen molar-refractivity contribution in [2.24, 2.45) is 0 Å². The number of nitrogens with one attached hydrogen (secondary N) is 1. The van der Waals surface area contributed by atoms with E-state index < -0.39 is 6.04 Å². The number of hydrogen-bond donors (Lipinski definition) is 1. The maximum absolute atomic E-state index is 13.1. The lowest BCUT2D eigenvalue weighted by Gasteiger charge is -2.30. The lowest BCUT2D eigenvalue weighted by molar-refractivity contribution is -0.141. The molecule has 0 saturated carbocycles. The maximum Gasteiger partial charge on any atom is 0.242 e. The largest absolute Gasteiger partial charge is 0.355 e. The first-order valence-corrected chi connectivity index (χ1v) is 10.7. The Hall–Kier alpha value is -1.75. The van der Waals surface area contributed by atoms with E-state index in [4.69, 9.17) is 34.8 Å². The van der Waals surface area contributed by atoms with Gasteiger partial charge in [-0.25, -0.2) is 0 Å². The molecule has 0 bridgehead atoms. The molecule has 29 heavy (non-hydrogen) atoms. The molecule has 0 aromatic heterocycles. The first-order chi connectivity index (χ1) is 13.9. The zero-order chi connectivity index (χ0) is 21.4. The van der Waals surface area contributed by atoms with Gasteiger partial charge in [0.05, 0.1) is 10.0 Å². The Morgan fingerprint density at radius 3 is 2.34 bits per heavy atom. The van der Waals surface area contributed by atoms with E-state index in [9.17, 15) is 9.59 Å². The summed E-state index contributed by atoms with van der Waals surface area (Å²) in [6, 6.07) is 12.1. The predicted octanol–water partition coefficient (Wildman–Crippen LogP) is 5.52. The number of carbonyl (C=O) groups is 2. The molecule has 2 amide bonds. The van der Waals surface area contributed by atoms with Crippen molar-refractivity contribution >= 4 is 46.6 Å². The lowest BCUT2D eigenvalue weighted by Crippen LogP contribution is -2.49. The van der Waals surface area contributed by atoms with E-state index in [0.29, 0.717) is 34.5 Å². The van der Waals surface area contributed by atoms with Gasteiger partial charge in [0.2, 0.25) is 11.8 Å². The Morgan fingerprint density at radius 2 is 1.72 bits per heavy atom. The van der Waals surface area contributed by atoms with Gasteiger partial charge in [0.1, 0.15) is 6.04 Å². The summed E-state index contributed by atoms with van der Waals surface area (Å²) in [5.41, 5.74) is 1.72. The second-order valence-electron chi connectivity index (χ2n) is 6.68. The molecule has 2 aromatic rings. The Labute approximate surface area is 187 Å². The average Bonchev–Trinajstić information content (AvgIpc) is 2.70. The van der Waals surface area contributed by atoms with Crippen LogP contribution in [0.2, 0.25) is 15.1 Å². The van der Waals surface area contributed by atoms with Gasteiger partial charge in [-0.3, -0.25) is 9.59 Å². The molecule has 0 aliphatic rings. The van der Waals surface area contributed by atoms with Crippen LogP contribution in [0, 0.1) is 0 Å². The summed E-state index contributed by atoms with van der Waals surface area (Å²) in [4.78, 5) is 27.3. The summed E-state index contributed by atoms with van der Waals surface area (Å²) in [6.07, 6.45) is 1.26. The molecule has 0 saturated heterocycles. The second-order valence-corrected chi connectivity index (χ2v) is 7.90. The molecule has 4 nitrogen and oxygen atoms in total. The second kappa shape index (κ2) is 11.4. The average molecular weight is 456 g/mol. The summed E-state index contributed by atoms with van der Waals surface area (Å²) < 4.78 is 0. The molecule has 7 heteroatoms. The molecule has 0 radical (unpaired) electrons. The van der Waals surface area contributed by atoms with Crippen LogP contribution in [0.5, 0.6) is 0 Å². The Morgan fingerprint density at radius 1 is 1.00 bits per heavy atom. The van der Waals surface area contributed by atoms with Gasteiger partial charge in [-0.15, -0.1) is 0 Å². The van der Waals surface area contributed by atoms with Crippen LogP contribution < -0.4 is 5.32 Å². The van der Waals surface area contributed by atoms with Crippen molar-refractivity contribution in [1.29, 1.82) is 0 Å². The third-order valence-electron chi connectivity index (χ3n) is 4.64. The monoisotopic (exact) mass is 454 g/mol. The molecular formula is C22H25Cl3N2O2. The molecule has 2 rings (SSSR count). The summed E-state index contributed by atoms with van der Waals surface area (Å²) in [7, 11) is 0. The van der Waals surface area contributed by atoms with Gasteiger partial charge in [0, 0.05) is 24.5 Å². The smallest absolute Gasteiger partial charge is 0.242 e. The third kappa shape index (κ3) is 6.63. The molecule has 1 atom stereocenters. The first kappa shape index (κ1) is 23.5. The van der Waals surface area contributed by atoms with E-state index in [-0.39, 0.29) is 24.8 Å². The van der Waals surface area contributed by atoms with Crippen LogP contribution in [0.3, 0.4) is 0 Å². The van der Waals surface area contributed by atoms with E-state index >= 15 is 0 Å². The third-order valence-corrected chi connectivity index (χ3v) is 5.75. The topological polar surface area (TPSA) is 49.4 Å². The molecule has 0 spiro atoms. The maximum atomic E-state index is 13.1. The van der Waals surface area contributed by atoms with Crippen LogP contribution in [0.15, 0.2) is 42.5 Å². The van der Waals surface area contributed by atoms with E-state index in [2.05, 4.69) is 5.32 Å². The standard InChI is InChI=1S/C22H25Cl3N2O2/c1-3-20(22(29)26-4-2)27(14-15-9-11-18(24)19(25)13-15)21(28)12-10-16-7-5-6-8-17(16)23/h5-9,11,13,20H,3-4,10,12,14H2,1-2H3,(H,26,29)/t20-/m0/s1. The molecule has 0 fully saturated rings. The SMILES string of the molecule is CCNC(=O)[C@H](CC)N(Cc1ccc(Cl)c(Cl)c1)C(=O)CCc1ccccc1Cl. The highest BCUT2D eigenvalue weighted by molar-refractivity contribution is 6.42. The molecule has 2 aromatic carbocycles. The summed E-state index contributed by atoms with van der Waals surface area (Å²) >= 11 is 18.4. The van der Waals surface area contributed by atoms with Gasteiger partial charge in [-0.05, 0) is 49.1 Å². The number of halogens is 3. The van der Waals surface area contributed by atoms with Gasteiger partial charge >= 0.3 is 0 Å². The quantitative estimate of drug-likeness (QED) is 0.541. The number of likely N-dealkylation sites (N-methyl/N-ethyl adjacent to an activating group) is 1. The Bertz CT molecular complexity index is 858. The molecule has 0 heterocycles. The van der Waals surface area contributed by atoms with Crippen LogP contribution in [0.1, 0.15) is 37.8 Å². The molecule has 0 unspecified atom stereocenters. The van der Waals surface area contributed by atoms with Gasteiger partial charge in [0.15, 0.2) is 0 Å². The van der Waals surface area contributed by atoms with Crippen molar-refractivity contribution in [2.75, 3.05) is 6.54 Å². The highest BCUT2D eigenvalue weighted by Crippen LogP contribution is 2.25. The van der Waals surface area contributed by atoms with Crippen LogP contribution in [-0.2, 0) is 22.6 Å². The van der Waals surface area contributed by atoms with Crippen LogP contribution in [-0.4, -0.2) is 29.3 Å². The number of aryl methyl sites for hydroxylation is 1. The molecule has 156 valence electrons. The van der Waals surface area contributed by atoms with E-state index in [1.54, 1.807) is 23.1 Å². The minimum atomic E-state index is -0.567. The highest BCUT2D eigenvalue weighted by Gasteiger charge is 2.28. The van der Waals surface area contributed by atoms with Gasteiger partial charge in [0.25, 0.3) is 0 Å². The molecule has 1 N–H and O–H groups in total. The van der Waals surface area contributed by atoms with Crippen LogP contribution in [0.25, 0.3) is 0 Å². The van der Waals surface area contributed by atoms with E-state index in [0.717, 1.165) is 11.1 Å². The fourth-order valence-corrected chi connectivity index (χ4v) is 3.68. The minimum absolute atomic E-state index is 0.117. The number of rotatable bonds is 9. The fraction of sp³-hybridized carbons (Fsp3) is 0.364. The fourth-order valence-electron chi connectivity index (χ4n) is 3.13. The Balaban J connectivity index is 2.24. The summed E-state index contributed by atoms with van der Waals surface area (Å²) in [5, 5.41) is 4.31. The van der Waals surface area contributed by atoms with Crippen molar-refractivity contribution in [1.82, 2.24) is 10.2 Å². The van der Waals surface area contributed by atoms with Crippen molar-refractivity contribution in [3.63, 3.8) is 0 Å². The van der Waals surface area contributed by atoms with E-state index in [1.807, 2.05) is 38.1 Å². The molecule has 0 aliphatic heterocycles. The zero-order valence-corrected chi connectivity index (χ0v) is 18.8. The highest BCUT2D eigenvalue weighted by atomic mass is 35.5. The van der Waals surface area contributed by atoms with Gasteiger partial charge < -0.3 is 10.2 Å². The van der Waals surface area contributed by atoms with Crippen LogP contribution >= 0.6 is 34.8 Å². The van der Waals surface area contributed by atoms with Gasteiger partial charge in [-0.2, -0.15) is 0 Å². The normalized spacial score (nSPS) is 11.8. The van der Waals surface area contributed by atoms with Crippen molar-refractivity contribution in [3.8, 4) is 0 Å². The Kier molecular flexibility index (Phi) is 9.28. The molecular weight excluding hydrogens is 431 g/mol. The van der Waals surface area contributed by atoms with Crippen LogP contribution in [0.4, 0.5) is 0 Å².